The molecule has 1 rings (SSSR count). The summed E-state index contributed by atoms with van der Waals surface area (Å²) in [6, 6.07) is 2.96. The van der Waals surface area contributed by atoms with E-state index in [-0.39, 0.29) is 30.8 Å². The number of nitro benzene ring substituents is 1. The van der Waals surface area contributed by atoms with E-state index >= 15 is 0 Å². The number of carbonyl (C=O) groups excluding carboxylic acids is 2. The summed E-state index contributed by atoms with van der Waals surface area (Å²) in [4.78, 5) is 33.4. The molecule has 0 radical (unpaired) electrons. The van der Waals surface area contributed by atoms with Crippen LogP contribution in [-0.4, -0.2) is 23.4 Å². The van der Waals surface area contributed by atoms with Crippen molar-refractivity contribution in [1.82, 2.24) is 0 Å². The topological polar surface area (TPSA) is 98.5 Å². The Labute approximate surface area is 122 Å². The van der Waals surface area contributed by atoms with Crippen LogP contribution in [0, 0.1) is 24.0 Å². The molecule has 0 aliphatic rings. The summed E-state index contributed by atoms with van der Waals surface area (Å²) in [5, 5.41) is 13.5. The molecule has 0 bridgehead atoms. The molecule has 7 nitrogen and oxygen atoms in total. The summed E-state index contributed by atoms with van der Waals surface area (Å²) in [6.07, 6.45) is -0.138. The van der Waals surface area contributed by atoms with Crippen LogP contribution >= 0.6 is 0 Å². The number of rotatable bonds is 6. The van der Waals surface area contributed by atoms with Crippen LogP contribution in [0.3, 0.4) is 0 Å². The molecule has 0 unspecified atom stereocenters. The number of ether oxygens (including phenoxy) is 1. The van der Waals surface area contributed by atoms with Gasteiger partial charge in [-0.2, -0.15) is 0 Å². The van der Waals surface area contributed by atoms with Gasteiger partial charge in [0.1, 0.15) is 5.69 Å². The van der Waals surface area contributed by atoms with Gasteiger partial charge in [-0.25, -0.2) is 0 Å². The number of hydrogen-bond donors (Lipinski definition) is 1. The summed E-state index contributed by atoms with van der Waals surface area (Å²) in [7, 11) is 0. The van der Waals surface area contributed by atoms with Crippen LogP contribution in [-0.2, 0) is 14.3 Å². The maximum Gasteiger partial charge on any atom is 0.306 e. The third-order valence-electron chi connectivity index (χ3n) is 2.94. The lowest BCUT2D eigenvalue weighted by Crippen LogP contribution is -2.15. The van der Waals surface area contributed by atoms with Crippen LogP contribution in [0.4, 0.5) is 11.4 Å². The normalized spacial score (nSPS) is 10.0. The van der Waals surface area contributed by atoms with E-state index in [1.807, 2.05) is 0 Å². The van der Waals surface area contributed by atoms with E-state index in [9.17, 15) is 19.7 Å². The molecule has 21 heavy (non-hydrogen) atoms. The number of nitrogens with zero attached hydrogens (tertiary/aromatic N) is 1. The number of benzene rings is 1. The van der Waals surface area contributed by atoms with Crippen molar-refractivity contribution in [2.45, 2.75) is 33.6 Å². The monoisotopic (exact) mass is 294 g/mol. The Morgan fingerprint density at radius 1 is 1.24 bits per heavy atom. The van der Waals surface area contributed by atoms with Gasteiger partial charge in [0, 0.05) is 12.5 Å². The maximum absolute atomic E-state index is 11.8. The Morgan fingerprint density at radius 2 is 1.86 bits per heavy atom. The molecule has 1 aromatic carbocycles. The standard InChI is InChI=1S/C14H18N2O5/c1-4-21-14(18)6-5-13(17)15-11-7-9(2)10(3)8-12(11)16(19)20/h7-8H,4-6H2,1-3H3,(H,15,17). The van der Waals surface area contributed by atoms with Crippen molar-refractivity contribution in [1.29, 1.82) is 0 Å². The van der Waals surface area contributed by atoms with Gasteiger partial charge < -0.3 is 10.1 Å². The highest BCUT2D eigenvalue weighted by Gasteiger charge is 2.18. The minimum absolute atomic E-state index is 0.0572. The molecule has 0 aliphatic carbocycles. The molecule has 0 heterocycles. The summed E-state index contributed by atoms with van der Waals surface area (Å²) in [6.45, 7) is 5.49. The van der Waals surface area contributed by atoms with Gasteiger partial charge in [-0.3, -0.25) is 19.7 Å². The van der Waals surface area contributed by atoms with E-state index < -0.39 is 16.8 Å². The Kier molecular flexibility index (Phi) is 5.83. The first-order chi connectivity index (χ1) is 9.85. The van der Waals surface area contributed by atoms with Gasteiger partial charge in [-0.15, -0.1) is 0 Å². The molecule has 0 aromatic heterocycles. The largest absolute Gasteiger partial charge is 0.466 e. The van der Waals surface area contributed by atoms with Gasteiger partial charge >= 0.3 is 5.97 Å². The number of anilines is 1. The lowest BCUT2D eigenvalue weighted by molar-refractivity contribution is -0.384. The first-order valence-corrected chi connectivity index (χ1v) is 6.56. The van der Waals surface area contributed by atoms with Crippen molar-refractivity contribution >= 4 is 23.3 Å². The fourth-order valence-corrected chi connectivity index (χ4v) is 1.71. The first-order valence-electron chi connectivity index (χ1n) is 6.56. The fourth-order valence-electron chi connectivity index (χ4n) is 1.71. The summed E-state index contributed by atoms with van der Waals surface area (Å²) in [5.74, 6) is -0.934. The molecule has 114 valence electrons. The van der Waals surface area contributed by atoms with E-state index in [1.54, 1.807) is 26.8 Å². The molecular formula is C14H18N2O5. The molecule has 0 saturated heterocycles. The molecule has 0 fully saturated rings. The van der Waals surface area contributed by atoms with Gasteiger partial charge in [-0.1, -0.05) is 0 Å². The summed E-state index contributed by atoms with van der Waals surface area (Å²) >= 11 is 0. The maximum atomic E-state index is 11.8. The van der Waals surface area contributed by atoms with Crippen LogP contribution in [0.2, 0.25) is 0 Å². The van der Waals surface area contributed by atoms with Crippen molar-refractivity contribution in [3.05, 3.63) is 33.4 Å². The zero-order chi connectivity index (χ0) is 16.0. The molecule has 0 atom stereocenters. The van der Waals surface area contributed by atoms with Crippen molar-refractivity contribution in [3.63, 3.8) is 0 Å². The molecule has 0 saturated carbocycles. The SMILES string of the molecule is CCOC(=O)CCC(=O)Nc1cc(C)c(C)cc1[N+](=O)[O-]. The smallest absolute Gasteiger partial charge is 0.306 e. The molecular weight excluding hydrogens is 276 g/mol. The third-order valence-corrected chi connectivity index (χ3v) is 2.94. The van der Waals surface area contributed by atoms with Crippen LogP contribution in [0.25, 0.3) is 0 Å². The van der Waals surface area contributed by atoms with Gasteiger partial charge in [0.05, 0.1) is 18.0 Å². The van der Waals surface area contributed by atoms with Crippen molar-refractivity contribution in [2.75, 3.05) is 11.9 Å². The predicted molar refractivity (Wildman–Crippen MR) is 77.1 cm³/mol. The van der Waals surface area contributed by atoms with E-state index in [0.717, 1.165) is 11.1 Å². The second-order valence-corrected chi connectivity index (χ2v) is 4.56. The van der Waals surface area contributed by atoms with Gasteiger partial charge in [-0.05, 0) is 38.0 Å². The van der Waals surface area contributed by atoms with Crippen LogP contribution in [0.5, 0.6) is 0 Å². The van der Waals surface area contributed by atoms with Gasteiger partial charge in [0.25, 0.3) is 5.69 Å². The zero-order valence-corrected chi connectivity index (χ0v) is 12.3. The Bertz CT molecular complexity index is 569. The highest BCUT2D eigenvalue weighted by molar-refractivity contribution is 5.94. The molecule has 7 heteroatoms. The predicted octanol–water partition coefficient (Wildman–Crippen LogP) is 2.49. The van der Waals surface area contributed by atoms with Crippen LogP contribution in [0.15, 0.2) is 12.1 Å². The number of esters is 1. The van der Waals surface area contributed by atoms with Crippen molar-refractivity contribution in [2.24, 2.45) is 0 Å². The quantitative estimate of drug-likeness (QED) is 0.493. The minimum atomic E-state index is -0.548. The van der Waals surface area contributed by atoms with E-state index in [2.05, 4.69) is 5.32 Å². The average molecular weight is 294 g/mol. The van der Waals surface area contributed by atoms with E-state index in [0.29, 0.717) is 0 Å². The number of hydrogen-bond acceptors (Lipinski definition) is 5. The lowest BCUT2D eigenvalue weighted by atomic mass is 10.1. The molecule has 1 N–H and O–H groups in total. The number of amides is 1. The Morgan fingerprint density at radius 3 is 2.43 bits per heavy atom. The summed E-state index contributed by atoms with van der Waals surface area (Å²) < 4.78 is 4.71. The number of aryl methyl sites for hydroxylation is 2. The molecule has 0 spiro atoms. The van der Waals surface area contributed by atoms with Crippen LogP contribution < -0.4 is 5.32 Å². The average Bonchev–Trinajstić information content (AvgIpc) is 2.40. The Balaban J connectivity index is 2.78. The first kappa shape index (κ1) is 16.6. The number of nitrogens with one attached hydrogen (secondary N) is 1. The van der Waals surface area contributed by atoms with E-state index in [1.165, 1.54) is 6.07 Å². The van der Waals surface area contributed by atoms with Gasteiger partial charge in [0.2, 0.25) is 5.91 Å². The Hall–Kier alpha value is -2.44. The second-order valence-electron chi connectivity index (χ2n) is 4.56. The van der Waals surface area contributed by atoms with Crippen molar-refractivity contribution < 1.29 is 19.2 Å². The molecule has 1 amide bonds. The van der Waals surface area contributed by atoms with Crippen LogP contribution in [0.1, 0.15) is 30.9 Å². The number of carbonyl (C=O) groups is 2. The lowest BCUT2D eigenvalue weighted by Gasteiger charge is -2.08. The number of nitro groups is 1. The highest BCUT2D eigenvalue weighted by Crippen LogP contribution is 2.28. The minimum Gasteiger partial charge on any atom is -0.466 e. The van der Waals surface area contributed by atoms with Crippen molar-refractivity contribution in [3.8, 4) is 0 Å². The molecule has 1 aromatic rings. The third kappa shape index (κ3) is 4.87. The second kappa shape index (κ2) is 7.37. The van der Waals surface area contributed by atoms with E-state index in [4.69, 9.17) is 4.74 Å². The molecule has 0 aliphatic heterocycles. The zero-order valence-electron chi connectivity index (χ0n) is 12.3. The summed E-state index contributed by atoms with van der Waals surface area (Å²) in [5.41, 5.74) is 1.58. The van der Waals surface area contributed by atoms with Gasteiger partial charge in [0.15, 0.2) is 0 Å². The highest BCUT2D eigenvalue weighted by atomic mass is 16.6. The fraction of sp³-hybridized carbons (Fsp3) is 0.429.